The normalized spacial score (nSPS) is 11.5. The highest BCUT2D eigenvalue weighted by Gasteiger charge is 2.14. The molecular weight excluding hydrogens is 447 g/mol. The lowest BCUT2D eigenvalue weighted by Crippen LogP contribution is -2.14. The first kappa shape index (κ1) is 20.3. The number of amides is 1. The van der Waals surface area contributed by atoms with Gasteiger partial charge < -0.3 is 5.32 Å². The molecule has 142 valence electrons. The number of nitrogens with one attached hydrogen (secondary N) is 1. The lowest BCUT2D eigenvalue weighted by Gasteiger charge is -2.04. The number of rotatable bonds is 6. The molecule has 27 heavy (non-hydrogen) atoms. The van der Waals surface area contributed by atoms with E-state index in [1.54, 1.807) is 30.5 Å². The van der Waals surface area contributed by atoms with E-state index in [1.165, 1.54) is 34.8 Å². The zero-order valence-electron chi connectivity index (χ0n) is 14.0. The van der Waals surface area contributed by atoms with Crippen molar-refractivity contribution in [2.24, 2.45) is 0 Å². The second kappa shape index (κ2) is 8.28. The van der Waals surface area contributed by atoms with Gasteiger partial charge in [-0.25, -0.2) is 13.4 Å². The minimum atomic E-state index is -3.25. The van der Waals surface area contributed by atoms with Crippen molar-refractivity contribution in [3.8, 4) is 11.3 Å². The van der Waals surface area contributed by atoms with Crippen LogP contribution < -0.4 is 5.32 Å². The van der Waals surface area contributed by atoms with Crippen molar-refractivity contribution in [2.75, 3.05) is 11.1 Å². The van der Waals surface area contributed by atoms with Crippen LogP contribution in [0.15, 0.2) is 40.6 Å². The van der Waals surface area contributed by atoms with Crippen LogP contribution in [0.3, 0.4) is 0 Å². The van der Waals surface area contributed by atoms with Crippen molar-refractivity contribution in [2.45, 2.75) is 18.2 Å². The summed E-state index contributed by atoms with van der Waals surface area (Å²) in [5.74, 6) is -0.199. The number of thiazole rings is 1. The molecule has 3 aromatic rings. The van der Waals surface area contributed by atoms with E-state index in [-0.39, 0.29) is 23.0 Å². The molecule has 0 aliphatic rings. The molecule has 5 nitrogen and oxygen atoms in total. The summed E-state index contributed by atoms with van der Waals surface area (Å²) in [6, 6.07) is 8.06. The molecule has 0 atom stereocenters. The van der Waals surface area contributed by atoms with E-state index in [0.717, 1.165) is 5.56 Å². The maximum atomic E-state index is 12.2. The minimum absolute atomic E-state index is 0.0402. The molecule has 3 rings (SSSR count). The molecule has 2 aromatic heterocycles. The summed E-state index contributed by atoms with van der Waals surface area (Å²) < 4.78 is 24.8. The maximum Gasteiger partial charge on any atom is 0.230 e. The standard InChI is InChI=1S/C17H14Cl2N2O3S3/c1-2-27(23,24)11-5-3-10(4-6-11)7-15(22)21-17-20-13(9-25-17)12-8-14(18)26-16(12)19/h3-6,8-9H,2,7H2,1H3,(H,20,21,22). The number of sulfone groups is 1. The highest BCUT2D eigenvalue weighted by molar-refractivity contribution is 7.91. The van der Waals surface area contributed by atoms with Crippen molar-refractivity contribution >= 4 is 66.8 Å². The second-order valence-corrected chi connectivity index (χ2v) is 11.0. The van der Waals surface area contributed by atoms with Crippen LogP contribution in [0.4, 0.5) is 5.13 Å². The summed E-state index contributed by atoms with van der Waals surface area (Å²) >= 11 is 14.6. The fourth-order valence-electron chi connectivity index (χ4n) is 2.30. The number of carbonyl (C=O) groups is 1. The second-order valence-electron chi connectivity index (χ2n) is 5.55. The molecule has 2 heterocycles. The van der Waals surface area contributed by atoms with Crippen LogP contribution in [0.1, 0.15) is 12.5 Å². The third-order valence-corrected chi connectivity index (χ3v) is 7.71. The minimum Gasteiger partial charge on any atom is -0.302 e. The van der Waals surface area contributed by atoms with Gasteiger partial charge in [0.15, 0.2) is 15.0 Å². The Balaban J connectivity index is 1.65. The summed E-state index contributed by atoms with van der Waals surface area (Å²) in [7, 11) is -3.25. The Morgan fingerprint density at radius 1 is 1.22 bits per heavy atom. The van der Waals surface area contributed by atoms with Gasteiger partial charge in [-0.3, -0.25) is 4.79 Å². The topological polar surface area (TPSA) is 76.1 Å². The number of thiophene rings is 1. The molecule has 10 heteroatoms. The maximum absolute atomic E-state index is 12.2. The molecule has 0 bridgehead atoms. The molecule has 0 fully saturated rings. The number of benzene rings is 1. The van der Waals surface area contributed by atoms with E-state index in [1.807, 2.05) is 0 Å². The van der Waals surface area contributed by atoms with Gasteiger partial charge in [0.05, 0.1) is 27.1 Å². The van der Waals surface area contributed by atoms with Crippen molar-refractivity contribution in [3.63, 3.8) is 0 Å². The van der Waals surface area contributed by atoms with Crippen LogP contribution >= 0.6 is 45.9 Å². The molecule has 1 aromatic carbocycles. The first-order valence-corrected chi connectivity index (χ1v) is 11.9. The van der Waals surface area contributed by atoms with Crippen LogP contribution in [0.5, 0.6) is 0 Å². The van der Waals surface area contributed by atoms with Gasteiger partial charge in [-0.15, -0.1) is 22.7 Å². The zero-order chi connectivity index (χ0) is 19.6. The van der Waals surface area contributed by atoms with Crippen LogP contribution in [0.2, 0.25) is 8.67 Å². The Morgan fingerprint density at radius 2 is 1.93 bits per heavy atom. The molecule has 0 saturated carbocycles. The van der Waals surface area contributed by atoms with Crippen molar-refractivity contribution in [1.82, 2.24) is 4.98 Å². The SMILES string of the molecule is CCS(=O)(=O)c1ccc(CC(=O)Nc2nc(-c3cc(Cl)sc3Cl)cs2)cc1. The smallest absolute Gasteiger partial charge is 0.230 e. The lowest BCUT2D eigenvalue weighted by atomic mass is 10.1. The Hall–Kier alpha value is -1.45. The quantitative estimate of drug-likeness (QED) is 0.551. The summed E-state index contributed by atoms with van der Waals surface area (Å²) in [5, 5.41) is 4.99. The summed E-state index contributed by atoms with van der Waals surface area (Å²) in [6.07, 6.45) is 0.117. The van der Waals surface area contributed by atoms with E-state index in [4.69, 9.17) is 23.2 Å². The molecule has 0 radical (unpaired) electrons. The molecule has 0 aliphatic carbocycles. The van der Waals surface area contributed by atoms with E-state index < -0.39 is 9.84 Å². The molecule has 0 saturated heterocycles. The molecule has 0 spiro atoms. The third-order valence-electron chi connectivity index (χ3n) is 3.71. The summed E-state index contributed by atoms with van der Waals surface area (Å²) in [5.41, 5.74) is 2.10. The predicted octanol–water partition coefficient (Wildman–Crippen LogP) is 5.15. The molecule has 1 N–H and O–H groups in total. The van der Waals surface area contributed by atoms with E-state index in [2.05, 4.69) is 10.3 Å². The van der Waals surface area contributed by atoms with Crippen LogP contribution in [0, 0.1) is 0 Å². The Labute approximate surface area is 174 Å². The van der Waals surface area contributed by atoms with Crippen molar-refractivity contribution in [3.05, 3.63) is 49.9 Å². The van der Waals surface area contributed by atoms with Gasteiger partial charge in [-0.2, -0.15) is 0 Å². The average Bonchev–Trinajstić information content (AvgIpc) is 3.21. The number of halogens is 2. The highest BCUT2D eigenvalue weighted by atomic mass is 35.5. The number of nitrogens with zero attached hydrogens (tertiary/aromatic N) is 1. The van der Waals surface area contributed by atoms with Gasteiger partial charge in [-0.1, -0.05) is 42.3 Å². The summed E-state index contributed by atoms with van der Waals surface area (Å²) in [4.78, 5) is 16.8. The first-order chi connectivity index (χ1) is 12.8. The predicted molar refractivity (Wildman–Crippen MR) is 112 cm³/mol. The number of aromatic nitrogens is 1. The van der Waals surface area contributed by atoms with Gasteiger partial charge in [0, 0.05) is 10.9 Å². The van der Waals surface area contributed by atoms with Gasteiger partial charge in [0.2, 0.25) is 5.91 Å². The van der Waals surface area contributed by atoms with E-state index >= 15 is 0 Å². The number of anilines is 1. The third kappa shape index (κ3) is 4.89. The largest absolute Gasteiger partial charge is 0.302 e. The van der Waals surface area contributed by atoms with Gasteiger partial charge >= 0.3 is 0 Å². The molecule has 0 aliphatic heterocycles. The van der Waals surface area contributed by atoms with Gasteiger partial charge in [-0.05, 0) is 23.8 Å². The van der Waals surface area contributed by atoms with E-state index in [9.17, 15) is 13.2 Å². The Morgan fingerprint density at radius 3 is 2.52 bits per heavy atom. The molecular formula is C17H14Cl2N2O3S3. The van der Waals surface area contributed by atoms with Crippen LogP contribution in [-0.2, 0) is 21.1 Å². The fourth-order valence-corrected chi connectivity index (χ4v) is 5.39. The van der Waals surface area contributed by atoms with Crippen LogP contribution in [-0.4, -0.2) is 25.1 Å². The van der Waals surface area contributed by atoms with Crippen molar-refractivity contribution < 1.29 is 13.2 Å². The first-order valence-electron chi connectivity index (χ1n) is 7.81. The zero-order valence-corrected chi connectivity index (χ0v) is 18.0. The fraction of sp³-hybridized carbons (Fsp3) is 0.176. The Kier molecular flexibility index (Phi) is 6.22. The molecule has 0 unspecified atom stereocenters. The molecule has 1 amide bonds. The monoisotopic (exact) mass is 460 g/mol. The van der Waals surface area contributed by atoms with Crippen molar-refractivity contribution in [1.29, 1.82) is 0 Å². The number of hydrogen-bond donors (Lipinski definition) is 1. The Bertz CT molecular complexity index is 1070. The van der Waals surface area contributed by atoms with Gasteiger partial charge in [0.25, 0.3) is 0 Å². The van der Waals surface area contributed by atoms with E-state index in [0.29, 0.717) is 25.1 Å². The average molecular weight is 461 g/mol. The number of hydrogen-bond acceptors (Lipinski definition) is 6. The van der Waals surface area contributed by atoms with Crippen LogP contribution in [0.25, 0.3) is 11.3 Å². The summed E-state index contributed by atoms with van der Waals surface area (Å²) in [6.45, 7) is 1.59. The van der Waals surface area contributed by atoms with Gasteiger partial charge in [0.1, 0.15) is 4.34 Å². The number of carbonyl (C=O) groups excluding carboxylic acids is 1. The highest BCUT2D eigenvalue weighted by Crippen LogP contribution is 2.38. The lowest BCUT2D eigenvalue weighted by molar-refractivity contribution is -0.115.